The molecule has 1 aromatic carbocycles. The molecule has 3 nitrogen and oxygen atoms in total. The molecule has 0 aliphatic heterocycles. The molecule has 0 aliphatic carbocycles. The molecule has 19 heavy (non-hydrogen) atoms. The topological polar surface area (TPSA) is 37.8 Å². The quantitative estimate of drug-likeness (QED) is 0.763. The van der Waals surface area contributed by atoms with Crippen LogP contribution < -0.4 is 5.32 Å². The third-order valence-corrected chi connectivity index (χ3v) is 4.01. The smallest absolute Gasteiger partial charge is 0.163 e. The fraction of sp³-hybridized carbons (Fsp3) is 0.200. The standard InChI is InChI=1S/C15H15N3S/c1-9-4-6-11(7-5-9)13-17-14(16-3)12-8-10(2)19-15(12)18-13/h4-8H,1-3H3,(H,16,17,18). The van der Waals surface area contributed by atoms with Crippen LogP contribution >= 0.6 is 11.3 Å². The van der Waals surface area contributed by atoms with Crippen molar-refractivity contribution >= 4 is 27.4 Å². The highest BCUT2D eigenvalue weighted by molar-refractivity contribution is 7.18. The minimum atomic E-state index is 0.777. The summed E-state index contributed by atoms with van der Waals surface area (Å²) in [4.78, 5) is 11.6. The zero-order chi connectivity index (χ0) is 13.4. The van der Waals surface area contributed by atoms with Crippen LogP contribution in [0, 0.1) is 13.8 Å². The molecule has 0 unspecified atom stereocenters. The van der Waals surface area contributed by atoms with Crippen molar-refractivity contribution in [3.8, 4) is 11.4 Å². The lowest BCUT2D eigenvalue weighted by molar-refractivity contribution is 1.22. The van der Waals surface area contributed by atoms with Crippen LogP contribution in [-0.4, -0.2) is 17.0 Å². The summed E-state index contributed by atoms with van der Waals surface area (Å²) >= 11 is 1.70. The van der Waals surface area contributed by atoms with Crippen LogP contribution in [0.4, 0.5) is 5.82 Å². The number of rotatable bonds is 2. The van der Waals surface area contributed by atoms with Gasteiger partial charge in [0.15, 0.2) is 5.82 Å². The summed E-state index contributed by atoms with van der Waals surface area (Å²) < 4.78 is 0. The number of aromatic nitrogens is 2. The van der Waals surface area contributed by atoms with Gasteiger partial charge < -0.3 is 5.32 Å². The Balaban J connectivity index is 2.21. The van der Waals surface area contributed by atoms with Crippen LogP contribution in [0.15, 0.2) is 30.3 Å². The summed E-state index contributed by atoms with van der Waals surface area (Å²) in [6.07, 6.45) is 0. The van der Waals surface area contributed by atoms with Gasteiger partial charge >= 0.3 is 0 Å². The van der Waals surface area contributed by atoms with Crippen LogP contribution in [-0.2, 0) is 0 Å². The Morgan fingerprint density at radius 1 is 1.05 bits per heavy atom. The highest BCUT2D eigenvalue weighted by Crippen LogP contribution is 2.30. The van der Waals surface area contributed by atoms with Crippen LogP contribution in [0.2, 0.25) is 0 Å². The molecule has 0 amide bonds. The third kappa shape index (κ3) is 2.19. The van der Waals surface area contributed by atoms with E-state index in [0.717, 1.165) is 27.4 Å². The van der Waals surface area contributed by atoms with Crippen molar-refractivity contribution in [2.75, 3.05) is 12.4 Å². The minimum Gasteiger partial charge on any atom is -0.372 e. The molecule has 2 aromatic heterocycles. The molecule has 1 N–H and O–H groups in total. The molecule has 0 atom stereocenters. The van der Waals surface area contributed by atoms with Crippen LogP contribution in [0.5, 0.6) is 0 Å². The molecular formula is C15H15N3S. The fourth-order valence-corrected chi connectivity index (χ4v) is 2.94. The Kier molecular flexibility index (Phi) is 2.95. The van der Waals surface area contributed by atoms with Gasteiger partial charge in [0.2, 0.25) is 0 Å². The van der Waals surface area contributed by atoms with E-state index < -0.39 is 0 Å². The monoisotopic (exact) mass is 269 g/mol. The summed E-state index contributed by atoms with van der Waals surface area (Å²) in [5, 5.41) is 4.26. The van der Waals surface area contributed by atoms with Crippen LogP contribution in [0.1, 0.15) is 10.4 Å². The first-order valence-electron chi connectivity index (χ1n) is 6.20. The first kappa shape index (κ1) is 12.1. The number of benzene rings is 1. The lowest BCUT2D eigenvalue weighted by atomic mass is 10.1. The molecule has 0 saturated carbocycles. The second-order valence-corrected chi connectivity index (χ2v) is 5.82. The predicted octanol–water partition coefficient (Wildman–Crippen LogP) is 4.02. The van der Waals surface area contributed by atoms with Gasteiger partial charge in [0.25, 0.3) is 0 Å². The Labute approximate surface area is 116 Å². The largest absolute Gasteiger partial charge is 0.372 e. The molecule has 2 heterocycles. The number of thiophene rings is 1. The number of nitrogens with one attached hydrogen (secondary N) is 1. The van der Waals surface area contributed by atoms with E-state index in [1.165, 1.54) is 10.4 Å². The predicted molar refractivity (Wildman–Crippen MR) is 81.9 cm³/mol. The van der Waals surface area contributed by atoms with Crippen molar-refractivity contribution in [1.29, 1.82) is 0 Å². The SMILES string of the molecule is CNc1nc(-c2ccc(C)cc2)nc2sc(C)cc12. The second-order valence-electron chi connectivity index (χ2n) is 4.59. The summed E-state index contributed by atoms with van der Waals surface area (Å²) in [7, 11) is 1.90. The molecule has 0 spiro atoms. The molecule has 3 rings (SSSR count). The maximum atomic E-state index is 4.67. The van der Waals surface area contributed by atoms with E-state index in [1.54, 1.807) is 11.3 Å². The van der Waals surface area contributed by atoms with E-state index >= 15 is 0 Å². The van der Waals surface area contributed by atoms with Crippen molar-refractivity contribution < 1.29 is 0 Å². The van der Waals surface area contributed by atoms with Gasteiger partial charge in [-0.2, -0.15) is 0 Å². The molecule has 96 valence electrons. The Morgan fingerprint density at radius 2 is 1.79 bits per heavy atom. The van der Waals surface area contributed by atoms with Crippen molar-refractivity contribution in [1.82, 2.24) is 9.97 Å². The number of anilines is 1. The summed E-state index contributed by atoms with van der Waals surface area (Å²) in [5.74, 6) is 1.67. The average Bonchev–Trinajstić information content (AvgIpc) is 2.78. The molecule has 3 aromatic rings. The fourth-order valence-electron chi connectivity index (χ4n) is 2.06. The maximum absolute atomic E-state index is 4.67. The van der Waals surface area contributed by atoms with Crippen molar-refractivity contribution in [3.63, 3.8) is 0 Å². The number of aryl methyl sites for hydroxylation is 2. The van der Waals surface area contributed by atoms with E-state index in [-0.39, 0.29) is 0 Å². The van der Waals surface area contributed by atoms with E-state index in [0.29, 0.717) is 0 Å². The zero-order valence-electron chi connectivity index (χ0n) is 11.2. The molecule has 0 bridgehead atoms. The third-order valence-electron chi connectivity index (χ3n) is 3.06. The summed E-state index contributed by atoms with van der Waals surface area (Å²) in [6.45, 7) is 4.17. The Morgan fingerprint density at radius 3 is 2.47 bits per heavy atom. The number of fused-ring (bicyclic) bond motifs is 1. The van der Waals surface area contributed by atoms with Crippen molar-refractivity contribution in [2.45, 2.75) is 13.8 Å². The highest BCUT2D eigenvalue weighted by Gasteiger charge is 2.10. The molecule has 0 radical (unpaired) electrons. The van der Waals surface area contributed by atoms with E-state index in [4.69, 9.17) is 0 Å². The minimum absolute atomic E-state index is 0.777. The van der Waals surface area contributed by atoms with Crippen LogP contribution in [0.3, 0.4) is 0 Å². The summed E-state index contributed by atoms with van der Waals surface area (Å²) in [6, 6.07) is 10.4. The molecule has 0 saturated heterocycles. The maximum Gasteiger partial charge on any atom is 0.163 e. The van der Waals surface area contributed by atoms with Gasteiger partial charge in [0, 0.05) is 17.5 Å². The highest BCUT2D eigenvalue weighted by atomic mass is 32.1. The number of hydrogen-bond acceptors (Lipinski definition) is 4. The van der Waals surface area contributed by atoms with Gasteiger partial charge in [-0.25, -0.2) is 9.97 Å². The molecule has 0 fully saturated rings. The van der Waals surface area contributed by atoms with Crippen LogP contribution in [0.25, 0.3) is 21.6 Å². The molecule has 0 aliphatic rings. The molecule has 4 heteroatoms. The first-order valence-corrected chi connectivity index (χ1v) is 7.02. The van der Waals surface area contributed by atoms with Gasteiger partial charge in [0.1, 0.15) is 10.6 Å². The Hall–Kier alpha value is -1.94. The van der Waals surface area contributed by atoms with Crippen molar-refractivity contribution in [3.05, 3.63) is 40.8 Å². The van der Waals surface area contributed by atoms with Gasteiger partial charge in [-0.1, -0.05) is 29.8 Å². The second kappa shape index (κ2) is 4.63. The lowest BCUT2D eigenvalue weighted by Gasteiger charge is -2.05. The lowest BCUT2D eigenvalue weighted by Crippen LogP contribution is -1.97. The van der Waals surface area contributed by atoms with Crippen molar-refractivity contribution in [2.24, 2.45) is 0 Å². The first-order chi connectivity index (χ1) is 9.17. The average molecular weight is 269 g/mol. The Bertz CT molecular complexity index is 729. The summed E-state index contributed by atoms with van der Waals surface area (Å²) in [5.41, 5.74) is 2.29. The number of hydrogen-bond donors (Lipinski definition) is 1. The van der Waals surface area contributed by atoms with Gasteiger partial charge in [-0.3, -0.25) is 0 Å². The van der Waals surface area contributed by atoms with E-state index in [9.17, 15) is 0 Å². The normalized spacial score (nSPS) is 10.9. The van der Waals surface area contributed by atoms with Gasteiger partial charge in [-0.05, 0) is 19.9 Å². The number of nitrogens with zero attached hydrogens (tertiary/aromatic N) is 2. The molecular weight excluding hydrogens is 254 g/mol. The van der Waals surface area contributed by atoms with E-state index in [2.05, 4.69) is 59.5 Å². The van der Waals surface area contributed by atoms with Gasteiger partial charge in [-0.15, -0.1) is 11.3 Å². The zero-order valence-corrected chi connectivity index (χ0v) is 12.0. The van der Waals surface area contributed by atoms with E-state index in [1.807, 2.05) is 7.05 Å². The van der Waals surface area contributed by atoms with Gasteiger partial charge in [0.05, 0.1) is 5.39 Å².